The number of hydrogen-bond acceptors (Lipinski definition) is 4. The summed E-state index contributed by atoms with van der Waals surface area (Å²) in [6.45, 7) is 1.19. The molecule has 0 saturated carbocycles. The maximum Gasteiger partial charge on any atom is 0.257 e. The molecule has 6 nitrogen and oxygen atoms in total. The molecule has 1 N–H and O–H groups in total. The minimum absolute atomic E-state index is 0.0324. The van der Waals surface area contributed by atoms with Crippen LogP contribution < -0.4 is 14.8 Å². The van der Waals surface area contributed by atoms with Crippen LogP contribution in [0.5, 0.6) is 11.5 Å². The van der Waals surface area contributed by atoms with Crippen LogP contribution in [0, 0.1) is 5.92 Å². The van der Waals surface area contributed by atoms with Crippen molar-refractivity contribution in [3.05, 3.63) is 83.9 Å². The lowest BCUT2D eigenvalue weighted by molar-refractivity contribution is -0.124. The molecule has 33 heavy (non-hydrogen) atoms. The second-order valence-electron chi connectivity index (χ2n) is 8.07. The zero-order valence-corrected chi connectivity index (χ0v) is 18.9. The van der Waals surface area contributed by atoms with E-state index in [2.05, 4.69) is 41.7 Å². The van der Waals surface area contributed by atoms with Crippen LogP contribution in [0.4, 0.5) is 0 Å². The first kappa shape index (κ1) is 22.4. The summed E-state index contributed by atoms with van der Waals surface area (Å²) in [4.78, 5) is 27.8. The van der Waals surface area contributed by atoms with Gasteiger partial charge < -0.3 is 19.7 Å². The molecule has 1 saturated heterocycles. The van der Waals surface area contributed by atoms with E-state index in [-0.39, 0.29) is 17.7 Å². The molecule has 0 radical (unpaired) electrons. The minimum atomic E-state index is -0.337. The first-order valence-electron chi connectivity index (χ1n) is 11.0. The smallest absolute Gasteiger partial charge is 0.257 e. The van der Waals surface area contributed by atoms with Crippen LogP contribution in [0.3, 0.4) is 0 Å². The second kappa shape index (κ2) is 10.2. The quantitative estimate of drug-likeness (QED) is 0.628. The Balaban J connectivity index is 1.51. The van der Waals surface area contributed by atoms with E-state index in [1.165, 1.54) is 7.11 Å². The van der Waals surface area contributed by atoms with Crippen LogP contribution in [0.1, 0.15) is 15.9 Å². The predicted molar refractivity (Wildman–Crippen MR) is 128 cm³/mol. The number of ether oxygens (including phenoxy) is 2. The van der Waals surface area contributed by atoms with E-state index in [0.717, 1.165) is 16.7 Å². The van der Waals surface area contributed by atoms with Crippen molar-refractivity contribution < 1.29 is 19.1 Å². The van der Waals surface area contributed by atoms with Gasteiger partial charge in [0.05, 0.1) is 25.7 Å². The third-order valence-electron chi connectivity index (χ3n) is 5.96. The molecule has 1 heterocycles. The normalized spacial score (nSPS) is 16.0. The molecular formula is C27H28N2O4. The van der Waals surface area contributed by atoms with Crippen molar-refractivity contribution in [3.8, 4) is 22.6 Å². The van der Waals surface area contributed by atoms with Crippen molar-refractivity contribution in [1.29, 1.82) is 0 Å². The molecule has 0 bridgehead atoms. The molecule has 1 aliphatic heterocycles. The number of amides is 2. The van der Waals surface area contributed by atoms with Gasteiger partial charge in [-0.15, -0.1) is 0 Å². The molecule has 6 heteroatoms. The fraction of sp³-hybridized carbons (Fsp3) is 0.259. The lowest BCUT2D eigenvalue weighted by Crippen LogP contribution is -2.37. The van der Waals surface area contributed by atoms with E-state index >= 15 is 0 Å². The number of rotatable bonds is 6. The molecule has 3 aromatic rings. The van der Waals surface area contributed by atoms with Gasteiger partial charge in [-0.25, -0.2) is 0 Å². The molecule has 0 aromatic heterocycles. The molecule has 4 rings (SSSR count). The lowest BCUT2D eigenvalue weighted by Gasteiger charge is -2.24. The highest BCUT2D eigenvalue weighted by Crippen LogP contribution is 2.27. The molecule has 170 valence electrons. The summed E-state index contributed by atoms with van der Waals surface area (Å²) in [6, 6.07) is 23.6. The van der Waals surface area contributed by atoms with Gasteiger partial charge in [0.15, 0.2) is 0 Å². The van der Waals surface area contributed by atoms with Gasteiger partial charge in [0, 0.05) is 19.6 Å². The fourth-order valence-corrected chi connectivity index (χ4v) is 4.14. The Morgan fingerprint density at radius 1 is 0.970 bits per heavy atom. The Kier molecular flexibility index (Phi) is 6.93. The first-order valence-corrected chi connectivity index (χ1v) is 11.0. The number of nitrogens with one attached hydrogen (secondary N) is 1. The number of hydrogen-bond donors (Lipinski definition) is 1. The highest BCUT2D eigenvalue weighted by molar-refractivity contribution is 5.98. The van der Waals surface area contributed by atoms with Crippen molar-refractivity contribution in [2.45, 2.75) is 6.42 Å². The van der Waals surface area contributed by atoms with Gasteiger partial charge in [-0.1, -0.05) is 54.6 Å². The average Bonchev–Trinajstić information content (AvgIpc) is 3.05. The third-order valence-corrected chi connectivity index (χ3v) is 5.96. The third kappa shape index (κ3) is 5.17. The van der Waals surface area contributed by atoms with E-state index in [1.54, 1.807) is 30.2 Å². The summed E-state index contributed by atoms with van der Waals surface area (Å²) in [5.74, 6) is 0.521. The monoisotopic (exact) mass is 444 g/mol. The Labute approximate surface area is 194 Å². The summed E-state index contributed by atoms with van der Waals surface area (Å²) in [5.41, 5.74) is 3.77. The van der Waals surface area contributed by atoms with E-state index in [9.17, 15) is 9.59 Å². The SMILES string of the molecule is COc1ccc(OC)c(C(=O)N2CCNC(=O)C(Cc3ccc(-c4ccccc4)cc3)C2)c1. The molecule has 1 atom stereocenters. The summed E-state index contributed by atoms with van der Waals surface area (Å²) in [6.07, 6.45) is 0.555. The lowest BCUT2D eigenvalue weighted by atomic mass is 9.96. The Morgan fingerprint density at radius 2 is 1.70 bits per heavy atom. The van der Waals surface area contributed by atoms with Crippen molar-refractivity contribution in [2.24, 2.45) is 5.92 Å². The number of methoxy groups -OCH3 is 2. The van der Waals surface area contributed by atoms with E-state index < -0.39 is 0 Å². The molecule has 0 aliphatic carbocycles. The van der Waals surface area contributed by atoms with E-state index in [1.807, 2.05) is 18.2 Å². The molecule has 0 spiro atoms. The standard InChI is InChI=1S/C27H28N2O4/c1-32-23-12-13-25(33-2)24(17-23)27(31)29-15-14-28-26(30)22(18-29)16-19-8-10-21(11-9-19)20-6-4-3-5-7-20/h3-13,17,22H,14-16,18H2,1-2H3,(H,28,30). The molecule has 2 amide bonds. The molecule has 1 aliphatic rings. The van der Waals surface area contributed by atoms with Crippen LogP contribution in [-0.4, -0.2) is 50.6 Å². The summed E-state index contributed by atoms with van der Waals surface area (Å²) < 4.78 is 10.7. The molecular weight excluding hydrogens is 416 g/mol. The van der Waals surface area contributed by atoms with Crippen molar-refractivity contribution >= 4 is 11.8 Å². The average molecular weight is 445 g/mol. The van der Waals surface area contributed by atoms with Crippen LogP contribution >= 0.6 is 0 Å². The van der Waals surface area contributed by atoms with E-state index in [0.29, 0.717) is 43.1 Å². The minimum Gasteiger partial charge on any atom is -0.497 e. The zero-order valence-electron chi connectivity index (χ0n) is 18.9. The number of nitrogens with zero attached hydrogens (tertiary/aromatic N) is 1. The van der Waals surface area contributed by atoms with Gasteiger partial charge in [-0.3, -0.25) is 9.59 Å². The number of carbonyl (C=O) groups is 2. The summed E-state index contributed by atoms with van der Waals surface area (Å²) >= 11 is 0. The largest absolute Gasteiger partial charge is 0.497 e. The Bertz CT molecular complexity index is 1110. The van der Waals surface area contributed by atoms with Gasteiger partial charge in [0.25, 0.3) is 5.91 Å². The van der Waals surface area contributed by atoms with Crippen molar-refractivity contribution in [1.82, 2.24) is 10.2 Å². The van der Waals surface area contributed by atoms with Crippen molar-refractivity contribution in [3.63, 3.8) is 0 Å². The second-order valence-corrected chi connectivity index (χ2v) is 8.07. The van der Waals surface area contributed by atoms with E-state index in [4.69, 9.17) is 9.47 Å². The fourth-order valence-electron chi connectivity index (χ4n) is 4.14. The topological polar surface area (TPSA) is 67.9 Å². The van der Waals surface area contributed by atoms with Gasteiger partial charge >= 0.3 is 0 Å². The number of benzene rings is 3. The summed E-state index contributed by atoms with van der Waals surface area (Å²) in [5, 5.41) is 2.95. The van der Waals surface area contributed by atoms with Gasteiger partial charge in [-0.05, 0) is 41.3 Å². The van der Waals surface area contributed by atoms with Crippen LogP contribution in [0.25, 0.3) is 11.1 Å². The van der Waals surface area contributed by atoms with Gasteiger partial charge in [0.1, 0.15) is 11.5 Å². The first-order chi connectivity index (χ1) is 16.1. The van der Waals surface area contributed by atoms with Gasteiger partial charge in [0.2, 0.25) is 5.91 Å². The van der Waals surface area contributed by atoms with Crippen LogP contribution in [-0.2, 0) is 11.2 Å². The highest BCUT2D eigenvalue weighted by atomic mass is 16.5. The summed E-state index contributed by atoms with van der Waals surface area (Å²) in [7, 11) is 3.09. The maximum atomic E-state index is 13.4. The van der Waals surface area contributed by atoms with Crippen molar-refractivity contribution in [2.75, 3.05) is 33.9 Å². The number of carbonyl (C=O) groups excluding carboxylic acids is 2. The highest BCUT2D eigenvalue weighted by Gasteiger charge is 2.29. The van der Waals surface area contributed by atoms with Gasteiger partial charge in [-0.2, -0.15) is 0 Å². The Hall–Kier alpha value is -3.80. The zero-order chi connectivity index (χ0) is 23.2. The molecule has 1 fully saturated rings. The molecule has 1 unspecified atom stereocenters. The van der Waals surface area contributed by atoms with Crippen LogP contribution in [0.15, 0.2) is 72.8 Å². The Morgan fingerprint density at radius 3 is 2.39 bits per heavy atom. The maximum absolute atomic E-state index is 13.4. The predicted octanol–water partition coefficient (Wildman–Crippen LogP) is 3.80. The molecule has 3 aromatic carbocycles. The van der Waals surface area contributed by atoms with Crippen LogP contribution in [0.2, 0.25) is 0 Å².